The Bertz CT molecular complexity index is 647. The van der Waals surface area contributed by atoms with Gasteiger partial charge in [-0.1, -0.05) is 48.5 Å². The number of benzene rings is 2. The predicted molar refractivity (Wildman–Crippen MR) is 100.0 cm³/mol. The number of hydrogen-bond acceptors (Lipinski definition) is 3. The number of amides is 1. The van der Waals surface area contributed by atoms with Gasteiger partial charge in [-0.05, 0) is 36.5 Å². The first-order valence-electron chi connectivity index (χ1n) is 8.48. The molecule has 2 aromatic carbocycles. The van der Waals surface area contributed by atoms with Gasteiger partial charge in [0.15, 0.2) is 0 Å². The smallest absolute Gasteiger partial charge is 0.239 e. The largest absolute Gasteiger partial charge is 0.341 e. The van der Waals surface area contributed by atoms with Crippen LogP contribution in [0, 0.1) is 5.92 Å². The van der Waals surface area contributed by atoms with E-state index in [1.54, 1.807) is 0 Å². The van der Waals surface area contributed by atoms with Crippen LogP contribution in [0.15, 0.2) is 65.6 Å². The third kappa shape index (κ3) is 4.62. The lowest BCUT2D eigenvalue weighted by atomic mass is 10.1. The summed E-state index contributed by atoms with van der Waals surface area (Å²) >= 11 is 1.87. The van der Waals surface area contributed by atoms with Gasteiger partial charge in [-0.2, -0.15) is 0 Å². The summed E-state index contributed by atoms with van der Waals surface area (Å²) in [6.45, 7) is 1.67. The minimum Gasteiger partial charge on any atom is -0.341 e. The van der Waals surface area contributed by atoms with Crippen molar-refractivity contribution in [1.29, 1.82) is 0 Å². The van der Waals surface area contributed by atoms with Gasteiger partial charge in [-0.3, -0.25) is 4.79 Å². The molecular weight excluding hydrogens is 316 g/mol. The molecule has 24 heavy (non-hydrogen) atoms. The summed E-state index contributed by atoms with van der Waals surface area (Å²) in [6.07, 6.45) is 1.68. The molecule has 3 rings (SSSR count). The van der Waals surface area contributed by atoms with Crippen molar-refractivity contribution < 1.29 is 4.79 Å². The number of rotatable bonds is 6. The summed E-state index contributed by atoms with van der Waals surface area (Å²) in [5.74, 6) is 1.70. The molecule has 3 nitrogen and oxygen atoms in total. The molecule has 0 saturated carbocycles. The highest BCUT2D eigenvalue weighted by molar-refractivity contribution is 7.99. The first-order valence-corrected chi connectivity index (χ1v) is 9.47. The third-order valence-corrected chi connectivity index (χ3v) is 5.69. The van der Waals surface area contributed by atoms with Gasteiger partial charge in [0.25, 0.3) is 0 Å². The highest BCUT2D eigenvalue weighted by atomic mass is 32.2. The van der Waals surface area contributed by atoms with E-state index in [2.05, 4.69) is 24.3 Å². The van der Waals surface area contributed by atoms with E-state index in [-0.39, 0.29) is 5.91 Å². The maximum Gasteiger partial charge on any atom is 0.239 e. The van der Waals surface area contributed by atoms with E-state index in [0.717, 1.165) is 30.8 Å². The number of thioether (sulfide) groups is 1. The average molecular weight is 340 g/mol. The van der Waals surface area contributed by atoms with Crippen molar-refractivity contribution in [2.75, 3.05) is 18.8 Å². The Morgan fingerprint density at radius 2 is 1.79 bits per heavy atom. The van der Waals surface area contributed by atoms with Gasteiger partial charge in [0.2, 0.25) is 5.91 Å². The van der Waals surface area contributed by atoms with Crippen LogP contribution in [-0.2, 0) is 11.2 Å². The van der Waals surface area contributed by atoms with E-state index in [9.17, 15) is 4.79 Å². The molecule has 1 amide bonds. The van der Waals surface area contributed by atoms with Crippen LogP contribution in [0.4, 0.5) is 0 Å². The topological polar surface area (TPSA) is 46.3 Å². The highest BCUT2D eigenvalue weighted by Gasteiger charge is 2.29. The molecule has 1 saturated heterocycles. The van der Waals surface area contributed by atoms with Crippen LogP contribution in [0.3, 0.4) is 0 Å². The van der Waals surface area contributed by atoms with E-state index >= 15 is 0 Å². The van der Waals surface area contributed by atoms with Crippen molar-refractivity contribution in [1.82, 2.24) is 4.90 Å². The number of carbonyl (C=O) groups is 1. The molecule has 1 aliphatic heterocycles. The monoisotopic (exact) mass is 340 g/mol. The van der Waals surface area contributed by atoms with E-state index in [1.807, 2.05) is 53.1 Å². The standard InChI is InChI=1S/C20H24N2OS/c21-19(13-16-7-3-1-4-8-16)20(23)22-12-11-17(14-22)15-24-18-9-5-2-6-10-18/h1-10,17,19H,11-15,21H2/t17-,19-/m0/s1. The lowest BCUT2D eigenvalue weighted by molar-refractivity contribution is -0.131. The molecule has 4 heteroatoms. The quantitative estimate of drug-likeness (QED) is 0.822. The van der Waals surface area contributed by atoms with Gasteiger partial charge < -0.3 is 10.6 Å². The first kappa shape index (κ1) is 17.1. The molecule has 0 radical (unpaired) electrons. The zero-order valence-corrected chi connectivity index (χ0v) is 14.6. The van der Waals surface area contributed by atoms with Gasteiger partial charge in [0.1, 0.15) is 0 Å². The van der Waals surface area contributed by atoms with Gasteiger partial charge >= 0.3 is 0 Å². The lowest BCUT2D eigenvalue weighted by Gasteiger charge is -2.21. The van der Waals surface area contributed by atoms with Crippen LogP contribution in [-0.4, -0.2) is 35.7 Å². The molecule has 0 unspecified atom stereocenters. The van der Waals surface area contributed by atoms with Gasteiger partial charge in [-0.25, -0.2) is 0 Å². The molecule has 1 heterocycles. The van der Waals surface area contributed by atoms with E-state index in [4.69, 9.17) is 5.73 Å². The molecule has 0 aliphatic carbocycles. The second-order valence-corrected chi connectivity index (χ2v) is 7.45. The lowest BCUT2D eigenvalue weighted by Crippen LogP contribution is -2.44. The molecule has 0 spiro atoms. The predicted octanol–water partition coefficient (Wildman–Crippen LogP) is 3.20. The highest BCUT2D eigenvalue weighted by Crippen LogP contribution is 2.26. The van der Waals surface area contributed by atoms with Crippen molar-refractivity contribution in [2.45, 2.75) is 23.8 Å². The molecule has 2 aromatic rings. The van der Waals surface area contributed by atoms with Crippen LogP contribution in [0.25, 0.3) is 0 Å². The third-order valence-electron chi connectivity index (χ3n) is 4.44. The van der Waals surface area contributed by atoms with Crippen molar-refractivity contribution in [3.63, 3.8) is 0 Å². The van der Waals surface area contributed by atoms with Crippen molar-refractivity contribution in [3.8, 4) is 0 Å². The molecule has 1 fully saturated rings. The SMILES string of the molecule is N[C@@H](Cc1ccccc1)C(=O)N1CC[C@H](CSc2ccccc2)C1. The van der Waals surface area contributed by atoms with E-state index in [0.29, 0.717) is 12.3 Å². The van der Waals surface area contributed by atoms with Crippen LogP contribution in [0.5, 0.6) is 0 Å². The van der Waals surface area contributed by atoms with Crippen LogP contribution >= 0.6 is 11.8 Å². The van der Waals surface area contributed by atoms with Crippen LogP contribution in [0.1, 0.15) is 12.0 Å². The summed E-state index contributed by atoms with van der Waals surface area (Å²) in [6, 6.07) is 20.0. The Hall–Kier alpha value is -1.78. The number of carbonyl (C=O) groups excluding carboxylic acids is 1. The van der Waals surface area contributed by atoms with Crippen molar-refractivity contribution >= 4 is 17.7 Å². The fourth-order valence-corrected chi connectivity index (χ4v) is 4.14. The van der Waals surface area contributed by atoms with Crippen molar-refractivity contribution in [3.05, 3.63) is 66.2 Å². The number of likely N-dealkylation sites (tertiary alicyclic amines) is 1. The Labute approximate surface area is 148 Å². The minimum absolute atomic E-state index is 0.0889. The zero-order valence-electron chi connectivity index (χ0n) is 13.8. The summed E-state index contributed by atoms with van der Waals surface area (Å²) in [5, 5.41) is 0. The van der Waals surface area contributed by atoms with Gasteiger partial charge in [0.05, 0.1) is 6.04 Å². The van der Waals surface area contributed by atoms with Crippen LogP contribution < -0.4 is 5.73 Å². The molecule has 126 valence electrons. The summed E-state index contributed by atoms with van der Waals surface area (Å²) < 4.78 is 0. The Kier molecular flexibility index (Phi) is 5.94. The maximum absolute atomic E-state index is 12.6. The Morgan fingerprint density at radius 1 is 1.12 bits per heavy atom. The molecule has 2 atom stereocenters. The summed E-state index contributed by atoms with van der Waals surface area (Å²) in [7, 11) is 0. The van der Waals surface area contributed by atoms with Crippen LogP contribution in [0.2, 0.25) is 0 Å². The minimum atomic E-state index is -0.437. The van der Waals surface area contributed by atoms with E-state index in [1.165, 1.54) is 4.90 Å². The molecule has 1 aliphatic rings. The van der Waals surface area contributed by atoms with Gasteiger partial charge in [0, 0.05) is 23.7 Å². The summed E-state index contributed by atoms with van der Waals surface area (Å²) in [4.78, 5) is 15.8. The Morgan fingerprint density at radius 3 is 2.50 bits per heavy atom. The first-order chi connectivity index (χ1) is 11.7. The zero-order chi connectivity index (χ0) is 16.8. The fraction of sp³-hybridized carbons (Fsp3) is 0.350. The normalized spacial score (nSPS) is 18.5. The second kappa shape index (κ2) is 8.36. The number of hydrogen-bond donors (Lipinski definition) is 1. The number of nitrogens with two attached hydrogens (primary N) is 1. The Balaban J connectivity index is 1.47. The summed E-state index contributed by atoms with van der Waals surface area (Å²) in [5.41, 5.74) is 7.26. The molecule has 0 aromatic heterocycles. The van der Waals surface area contributed by atoms with Crippen molar-refractivity contribution in [2.24, 2.45) is 11.7 Å². The molecular formula is C20H24N2OS. The molecule has 2 N–H and O–H groups in total. The fourth-order valence-electron chi connectivity index (χ4n) is 3.09. The van der Waals surface area contributed by atoms with E-state index < -0.39 is 6.04 Å². The average Bonchev–Trinajstić information content (AvgIpc) is 3.10. The number of nitrogens with zero attached hydrogens (tertiary/aromatic N) is 1. The second-order valence-electron chi connectivity index (χ2n) is 6.36. The van der Waals surface area contributed by atoms with Gasteiger partial charge in [-0.15, -0.1) is 11.8 Å². The molecule has 0 bridgehead atoms. The maximum atomic E-state index is 12.6.